The Bertz CT molecular complexity index is 582. The molecule has 1 saturated heterocycles. The number of amides is 1. The number of nitrogens with one attached hydrogen (secondary N) is 1. The Hall–Kier alpha value is -1.55. The van der Waals surface area contributed by atoms with Crippen LogP contribution in [0.1, 0.15) is 33.6 Å². The molecule has 126 valence electrons. The first kappa shape index (κ1) is 16.3. The van der Waals surface area contributed by atoms with Gasteiger partial charge in [-0.1, -0.05) is 20.8 Å². The van der Waals surface area contributed by atoms with Crippen molar-refractivity contribution in [1.29, 1.82) is 0 Å². The normalized spacial score (nSPS) is 29.3. The highest BCUT2D eigenvalue weighted by Gasteiger charge is 2.55. The quantitative estimate of drug-likeness (QED) is 0.926. The molecule has 0 radical (unpaired) electrons. The third kappa shape index (κ3) is 2.97. The third-order valence-corrected chi connectivity index (χ3v) is 6.41. The third-order valence-electron chi connectivity index (χ3n) is 6.41. The molecule has 1 aromatic rings. The minimum absolute atomic E-state index is 0.0675. The molecule has 1 amide bonds. The molecule has 0 unspecified atom stereocenters. The van der Waals surface area contributed by atoms with Crippen LogP contribution in [-0.4, -0.2) is 37.6 Å². The van der Waals surface area contributed by atoms with Gasteiger partial charge in [-0.15, -0.1) is 0 Å². The molecule has 1 heterocycles. The molecule has 1 aliphatic heterocycles. The van der Waals surface area contributed by atoms with E-state index in [-0.39, 0.29) is 5.91 Å². The van der Waals surface area contributed by atoms with E-state index in [2.05, 4.69) is 31.0 Å². The van der Waals surface area contributed by atoms with E-state index in [0.717, 1.165) is 24.5 Å². The van der Waals surface area contributed by atoms with Crippen molar-refractivity contribution in [3.05, 3.63) is 24.3 Å². The summed E-state index contributed by atoms with van der Waals surface area (Å²) in [6, 6.07) is 7.47. The Morgan fingerprint density at radius 1 is 1.30 bits per heavy atom. The van der Waals surface area contributed by atoms with Crippen LogP contribution in [0, 0.1) is 16.7 Å². The molecular formula is C19H28N2O2. The Morgan fingerprint density at radius 2 is 2.00 bits per heavy atom. The van der Waals surface area contributed by atoms with Crippen LogP contribution in [-0.2, 0) is 4.79 Å². The minimum atomic E-state index is 0.0675. The second kappa shape index (κ2) is 5.82. The number of nitrogens with zero attached hydrogens (tertiary/aromatic N) is 1. The number of carbonyl (C=O) groups is 1. The van der Waals surface area contributed by atoms with Gasteiger partial charge in [0, 0.05) is 18.8 Å². The van der Waals surface area contributed by atoms with Gasteiger partial charge in [-0.2, -0.15) is 0 Å². The monoisotopic (exact) mass is 316 g/mol. The SMILES string of the molecule is COc1ccc(NC(=O)CN2C[C@H]3CC[C@@](C)(C2)C3(C)C)cc1. The van der Waals surface area contributed by atoms with Gasteiger partial charge in [0.25, 0.3) is 0 Å². The van der Waals surface area contributed by atoms with Gasteiger partial charge < -0.3 is 10.1 Å². The maximum atomic E-state index is 12.4. The number of fused-ring (bicyclic) bond motifs is 2. The van der Waals surface area contributed by atoms with E-state index < -0.39 is 0 Å². The average molecular weight is 316 g/mol. The summed E-state index contributed by atoms with van der Waals surface area (Å²) < 4.78 is 5.14. The zero-order chi connectivity index (χ0) is 16.7. The molecule has 0 spiro atoms. The van der Waals surface area contributed by atoms with Crippen LogP contribution in [0.4, 0.5) is 5.69 Å². The maximum absolute atomic E-state index is 12.4. The number of likely N-dealkylation sites (tertiary alicyclic amines) is 1. The molecule has 2 bridgehead atoms. The summed E-state index contributed by atoms with van der Waals surface area (Å²) in [7, 11) is 1.64. The van der Waals surface area contributed by atoms with E-state index in [1.165, 1.54) is 12.8 Å². The van der Waals surface area contributed by atoms with Gasteiger partial charge in [-0.3, -0.25) is 9.69 Å². The van der Waals surface area contributed by atoms with Crippen LogP contribution < -0.4 is 10.1 Å². The van der Waals surface area contributed by atoms with E-state index >= 15 is 0 Å². The zero-order valence-electron chi connectivity index (χ0n) is 14.7. The van der Waals surface area contributed by atoms with Crippen molar-refractivity contribution in [3.63, 3.8) is 0 Å². The van der Waals surface area contributed by atoms with E-state index in [0.29, 0.717) is 23.3 Å². The maximum Gasteiger partial charge on any atom is 0.238 e. The zero-order valence-corrected chi connectivity index (χ0v) is 14.7. The van der Waals surface area contributed by atoms with E-state index in [1.54, 1.807) is 7.11 Å². The van der Waals surface area contributed by atoms with Crippen LogP contribution >= 0.6 is 0 Å². The van der Waals surface area contributed by atoms with Crippen molar-refractivity contribution in [1.82, 2.24) is 4.90 Å². The molecule has 4 nitrogen and oxygen atoms in total. The van der Waals surface area contributed by atoms with Gasteiger partial charge >= 0.3 is 0 Å². The van der Waals surface area contributed by atoms with Gasteiger partial charge in [-0.05, 0) is 53.9 Å². The van der Waals surface area contributed by atoms with E-state index in [9.17, 15) is 4.79 Å². The molecule has 1 saturated carbocycles. The fraction of sp³-hybridized carbons (Fsp3) is 0.632. The summed E-state index contributed by atoms with van der Waals surface area (Å²) >= 11 is 0. The van der Waals surface area contributed by atoms with Crippen molar-refractivity contribution in [2.24, 2.45) is 16.7 Å². The molecule has 4 heteroatoms. The Labute approximate surface area is 139 Å². The number of anilines is 1. The number of piperidine rings is 1. The highest BCUT2D eigenvalue weighted by Crippen LogP contribution is 2.58. The summed E-state index contributed by atoms with van der Waals surface area (Å²) in [6.45, 7) is 9.73. The van der Waals surface area contributed by atoms with Gasteiger partial charge in [0.1, 0.15) is 5.75 Å². The number of hydrogen-bond acceptors (Lipinski definition) is 3. The van der Waals surface area contributed by atoms with Crippen LogP contribution in [0.25, 0.3) is 0 Å². The van der Waals surface area contributed by atoms with Crippen LogP contribution in [0.15, 0.2) is 24.3 Å². The first-order valence-corrected chi connectivity index (χ1v) is 8.50. The Kier molecular flexibility index (Phi) is 4.13. The molecule has 23 heavy (non-hydrogen) atoms. The molecular weight excluding hydrogens is 288 g/mol. The first-order chi connectivity index (χ1) is 10.8. The number of hydrogen-bond donors (Lipinski definition) is 1. The second-order valence-corrected chi connectivity index (χ2v) is 7.96. The van der Waals surface area contributed by atoms with E-state index in [4.69, 9.17) is 4.74 Å². The second-order valence-electron chi connectivity index (χ2n) is 7.96. The predicted molar refractivity (Wildman–Crippen MR) is 92.7 cm³/mol. The lowest BCUT2D eigenvalue weighted by Crippen LogP contribution is -2.53. The Morgan fingerprint density at radius 3 is 2.61 bits per heavy atom. The molecule has 2 aliphatic rings. The first-order valence-electron chi connectivity index (χ1n) is 8.50. The van der Waals surface area contributed by atoms with Crippen molar-refractivity contribution in [2.45, 2.75) is 33.6 Å². The largest absolute Gasteiger partial charge is 0.497 e. The number of methoxy groups -OCH3 is 1. The highest BCUT2D eigenvalue weighted by atomic mass is 16.5. The standard InChI is InChI=1S/C19H28N2O2/c1-18(2)14-9-10-19(18,3)13-21(11-14)12-17(22)20-15-5-7-16(23-4)8-6-15/h5-8,14H,9-13H2,1-4H3,(H,20,22)/t14-,19+/m1/s1. The van der Waals surface area contributed by atoms with Crippen molar-refractivity contribution in [3.8, 4) is 5.75 Å². The predicted octanol–water partition coefficient (Wildman–Crippen LogP) is 3.39. The molecule has 2 fully saturated rings. The molecule has 2 atom stereocenters. The lowest BCUT2D eigenvalue weighted by Gasteiger charge is -2.50. The number of ether oxygens (including phenoxy) is 1. The Balaban J connectivity index is 1.58. The molecule has 0 aromatic heterocycles. The van der Waals surface area contributed by atoms with Crippen molar-refractivity contribution >= 4 is 11.6 Å². The smallest absolute Gasteiger partial charge is 0.238 e. The van der Waals surface area contributed by atoms with Gasteiger partial charge in [0.2, 0.25) is 5.91 Å². The van der Waals surface area contributed by atoms with Gasteiger partial charge in [0.15, 0.2) is 0 Å². The molecule has 1 aliphatic carbocycles. The summed E-state index contributed by atoms with van der Waals surface area (Å²) in [6.07, 6.45) is 2.57. The topological polar surface area (TPSA) is 41.6 Å². The van der Waals surface area contributed by atoms with Crippen molar-refractivity contribution < 1.29 is 9.53 Å². The summed E-state index contributed by atoms with van der Waals surface area (Å²) in [4.78, 5) is 14.7. The van der Waals surface area contributed by atoms with Gasteiger partial charge in [-0.25, -0.2) is 0 Å². The fourth-order valence-corrected chi connectivity index (χ4v) is 4.34. The highest BCUT2D eigenvalue weighted by molar-refractivity contribution is 5.92. The van der Waals surface area contributed by atoms with Crippen LogP contribution in [0.3, 0.4) is 0 Å². The van der Waals surface area contributed by atoms with Crippen LogP contribution in [0.2, 0.25) is 0 Å². The summed E-state index contributed by atoms with van der Waals surface area (Å²) in [5.41, 5.74) is 1.54. The summed E-state index contributed by atoms with van der Waals surface area (Å²) in [5, 5.41) is 2.99. The number of carbonyl (C=O) groups excluding carboxylic acids is 1. The fourth-order valence-electron chi connectivity index (χ4n) is 4.34. The number of benzene rings is 1. The lowest BCUT2D eigenvalue weighted by atomic mass is 9.63. The van der Waals surface area contributed by atoms with Crippen molar-refractivity contribution in [2.75, 3.05) is 32.1 Å². The van der Waals surface area contributed by atoms with Gasteiger partial charge in [0.05, 0.1) is 13.7 Å². The van der Waals surface area contributed by atoms with Crippen LogP contribution in [0.5, 0.6) is 5.75 Å². The molecule has 1 N–H and O–H groups in total. The molecule has 1 aromatic carbocycles. The average Bonchev–Trinajstić information content (AvgIpc) is 2.64. The minimum Gasteiger partial charge on any atom is -0.497 e. The summed E-state index contributed by atoms with van der Waals surface area (Å²) in [5.74, 6) is 1.57. The molecule has 3 rings (SSSR count). The van der Waals surface area contributed by atoms with E-state index in [1.807, 2.05) is 24.3 Å². The lowest BCUT2D eigenvalue weighted by molar-refractivity contribution is -0.119. The number of rotatable bonds is 4.